The van der Waals surface area contributed by atoms with E-state index in [1.54, 1.807) is 0 Å². The second-order valence-electron chi connectivity index (χ2n) is 3.10. The van der Waals surface area contributed by atoms with Gasteiger partial charge in [0, 0.05) is 13.1 Å². The van der Waals surface area contributed by atoms with E-state index in [4.69, 9.17) is 9.52 Å². The van der Waals surface area contributed by atoms with Crippen molar-refractivity contribution in [2.75, 3.05) is 13.1 Å². The highest BCUT2D eigenvalue weighted by Gasteiger charge is 2.42. The summed E-state index contributed by atoms with van der Waals surface area (Å²) in [4.78, 5) is 10.7. The molecule has 1 saturated heterocycles. The summed E-state index contributed by atoms with van der Waals surface area (Å²) < 4.78 is 4.96. The van der Waals surface area contributed by atoms with Crippen molar-refractivity contribution in [1.82, 2.24) is 5.32 Å². The molecule has 2 heterocycles. The highest BCUT2D eigenvalue weighted by molar-refractivity contribution is 5.89. The van der Waals surface area contributed by atoms with Gasteiger partial charge in [0.25, 0.3) is 0 Å². The first kappa shape index (κ1) is 8.28. The number of β-amino-alcohol motifs (C(OH)–C–C–N with tert-alkyl or cyclic N) is 1. The molecule has 0 saturated carbocycles. The fourth-order valence-corrected chi connectivity index (χ4v) is 1.36. The first-order valence-corrected chi connectivity index (χ1v) is 3.88. The minimum atomic E-state index is -1.14. The summed E-state index contributed by atoms with van der Waals surface area (Å²) in [5.41, 5.74) is -1.11. The molecule has 0 aromatic carbocycles. The van der Waals surface area contributed by atoms with Crippen molar-refractivity contribution in [3.8, 4) is 0 Å². The number of aromatic carboxylic acids is 1. The van der Waals surface area contributed by atoms with E-state index in [2.05, 4.69) is 5.32 Å². The Morgan fingerprint density at radius 2 is 2.31 bits per heavy atom. The average molecular weight is 183 g/mol. The zero-order chi connectivity index (χ0) is 9.47. The van der Waals surface area contributed by atoms with Gasteiger partial charge in [0.15, 0.2) is 5.76 Å². The van der Waals surface area contributed by atoms with Gasteiger partial charge < -0.3 is 19.9 Å². The molecule has 0 atom stereocenters. The largest absolute Gasteiger partial charge is 0.478 e. The number of hydrogen-bond acceptors (Lipinski definition) is 4. The SMILES string of the molecule is O=C(O)c1ccoc1C1(O)CNC1. The van der Waals surface area contributed by atoms with Crippen LogP contribution < -0.4 is 5.32 Å². The predicted molar refractivity (Wildman–Crippen MR) is 42.4 cm³/mol. The van der Waals surface area contributed by atoms with Crippen molar-refractivity contribution in [2.45, 2.75) is 5.60 Å². The summed E-state index contributed by atoms with van der Waals surface area (Å²) >= 11 is 0. The summed E-state index contributed by atoms with van der Waals surface area (Å²) in [7, 11) is 0. The van der Waals surface area contributed by atoms with Crippen LogP contribution in [0.4, 0.5) is 0 Å². The lowest BCUT2D eigenvalue weighted by molar-refractivity contribution is -0.0343. The quantitative estimate of drug-likeness (QED) is 0.589. The third-order valence-corrected chi connectivity index (χ3v) is 2.15. The first-order chi connectivity index (χ1) is 6.13. The van der Waals surface area contributed by atoms with E-state index < -0.39 is 11.6 Å². The highest BCUT2D eigenvalue weighted by atomic mass is 16.4. The molecular weight excluding hydrogens is 174 g/mol. The third kappa shape index (κ3) is 1.13. The molecule has 70 valence electrons. The zero-order valence-corrected chi connectivity index (χ0v) is 6.78. The molecule has 0 bridgehead atoms. The van der Waals surface area contributed by atoms with Crippen LogP contribution in [0.3, 0.4) is 0 Å². The monoisotopic (exact) mass is 183 g/mol. The van der Waals surface area contributed by atoms with Gasteiger partial charge in [0.05, 0.1) is 6.26 Å². The van der Waals surface area contributed by atoms with E-state index in [0.29, 0.717) is 13.1 Å². The number of furan rings is 1. The van der Waals surface area contributed by atoms with Crippen LogP contribution in [0.1, 0.15) is 16.1 Å². The van der Waals surface area contributed by atoms with Gasteiger partial charge in [-0.05, 0) is 6.07 Å². The first-order valence-electron chi connectivity index (χ1n) is 3.88. The van der Waals surface area contributed by atoms with Crippen molar-refractivity contribution in [1.29, 1.82) is 0 Å². The summed E-state index contributed by atoms with van der Waals surface area (Å²) in [5.74, 6) is -0.942. The Morgan fingerprint density at radius 1 is 1.62 bits per heavy atom. The lowest BCUT2D eigenvalue weighted by Crippen LogP contribution is -2.57. The molecule has 2 rings (SSSR count). The van der Waals surface area contributed by atoms with Crippen molar-refractivity contribution in [3.63, 3.8) is 0 Å². The van der Waals surface area contributed by atoms with Crippen LogP contribution >= 0.6 is 0 Å². The molecule has 0 amide bonds. The maximum Gasteiger partial charge on any atom is 0.339 e. The van der Waals surface area contributed by atoms with Gasteiger partial charge in [-0.2, -0.15) is 0 Å². The number of hydrogen-bond donors (Lipinski definition) is 3. The Labute approximate surface area is 74.0 Å². The smallest absolute Gasteiger partial charge is 0.339 e. The lowest BCUT2D eigenvalue weighted by atomic mass is 9.91. The third-order valence-electron chi connectivity index (χ3n) is 2.15. The summed E-state index contributed by atoms with van der Waals surface area (Å²) in [5, 5.41) is 21.4. The fourth-order valence-electron chi connectivity index (χ4n) is 1.36. The van der Waals surface area contributed by atoms with Crippen LogP contribution in [0.2, 0.25) is 0 Å². The predicted octanol–water partition coefficient (Wildman–Crippen LogP) is -0.231. The Hall–Kier alpha value is -1.33. The van der Waals surface area contributed by atoms with Gasteiger partial charge in [-0.3, -0.25) is 0 Å². The van der Waals surface area contributed by atoms with Gasteiger partial charge in [-0.1, -0.05) is 0 Å². The molecule has 1 aromatic heterocycles. The van der Waals surface area contributed by atoms with Gasteiger partial charge in [-0.15, -0.1) is 0 Å². The molecule has 3 N–H and O–H groups in total. The molecule has 5 nitrogen and oxygen atoms in total. The van der Waals surface area contributed by atoms with E-state index in [9.17, 15) is 9.90 Å². The number of carboxylic acid groups (broad SMARTS) is 1. The lowest BCUT2D eigenvalue weighted by Gasteiger charge is -2.35. The summed E-state index contributed by atoms with van der Waals surface area (Å²) in [6.07, 6.45) is 1.27. The molecule has 1 aromatic rings. The molecule has 0 radical (unpaired) electrons. The van der Waals surface area contributed by atoms with Crippen molar-refractivity contribution >= 4 is 5.97 Å². The standard InChI is InChI=1S/C8H9NO4/c10-7(11)5-1-2-13-6(5)8(12)3-9-4-8/h1-2,9,12H,3-4H2,(H,10,11). The Kier molecular flexibility index (Phi) is 1.64. The van der Waals surface area contributed by atoms with Crippen LogP contribution in [0.15, 0.2) is 16.7 Å². The van der Waals surface area contributed by atoms with Gasteiger partial charge >= 0.3 is 5.97 Å². The van der Waals surface area contributed by atoms with Gasteiger partial charge in [-0.25, -0.2) is 4.79 Å². The Balaban J connectivity index is 2.39. The number of carbonyl (C=O) groups is 1. The Bertz CT molecular complexity index is 340. The average Bonchev–Trinajstić information content (AvgIpc) is 2.47. The summed E-state index contributed by atoms with van der Waals surface area (Å²) in [6.45, 7) is 0.668. The molecule has 1 aliphatic heterocycles. The van der Waals surface area contributed by atoms with Crippen molar-refractivity contribution < 1.29 is 19.4 Å². The maximum absolute atomic E-state index is 10.7. The molecule has 0 spiro atoms. The van der Waals surface area contributed by atoms with Crippen molar-refractivity contribution in [2.24, 2.45) is 0 Å². The second-order valence-corrected chi connectivity index (χ2v) is 3.10. The van der Waals surface area contributed by atoms with E-state index in [1.807, 2.05) is 0 Å². The molecule has 1 aliphatic rings. The second kappa shape index (κ2) is 2.58. The molecule has 0 aliphatic carbocycles. The zero-order valence-electron chi connectivity index (χ0n) is 6.78. The normalized spacial score (nSPS) is 19.5. The topological polar surface area (TPSA) is 82.7 Å². The molecular formula is C8H9NO4. The summed E-state index contributed by atoms with van der Waals surface area (Å²) in [6, 6.07) is 1.34. The van der Waals surface area contributed by atoms with E-state index in [-0.39, 0.29) is 11.3 Å². The minimum absolute atomic E-state index is 0.0315. The molecule has 13 heavy (non-hydrogen) atoms. The minimum Gasteiger partial charge on any atom is -0.478 e. The fraction of sp³-hybridized carbons (Fsp3) is 0.375. The van der Waals surface area contributed by atoms with Crippen molar-refractivity contribution in [3.05, 3.63) is 23.7 Å². The number of carboxylic acids is 1. The highest BCUT2D eigenvalue weighted by Crippen LogP contribution is 2.28. The molecule has 1 fully saturated rings. The molecule has 5 heteroatoms. The van der Waals surface area contributed by atoms with E-state index >= 15 is 0 Å². The van der Waals surface area contributed by atoms with Gasteiger partial charge in [0.1, 0.15) is 11.2 Å². The molecule has 0 unspecified atom stereocenters. The van der Waals surface area contributed by atoms with Gasteiger partial charge in [0.2, 0.25) is 0 Å². The number of rotatable bonds is 2. The van der Waals surface area contributed by atoms with Crippen LogP contribution in [-0.4, -0.2) is 29.3 Å². The van der Waals surface area contributed by atoms with Crippen LogP contribution in [0.5, 0.6) is 0 Å². The van der Waals surface area contributed by atoms with E-state index in [0.717, 1.165) is 0 Å². The van der Waals surface area contributed by atoms with E-state index in [1.165, 1.54) is 12.3 Å². The number of nitrogens with one attached hydrogen (secondary N) is 1. The van der Waals surface area contributed by atoms with Crippen LogP contribution in [0, 0.1) is 0 Å². The van der Waals surface area contributed by atoms with Crippen LogP contribution in [0.25, 0.3) is 0 Å². The number of aliphatic hydroxyl groups is 1. The Morgan fingerprint density at radius 3 is 2.77 bits per heavy atom. The maximum atomic E-state index is 10.7. The van der Waals surface area contributed by atoms with Crippen LogP contribution in [-0.2, 0) is 5.60 Å².